The topological polar surface area (TPSA) is 51.7 Å². The smallest absolute Gasteiger partial charge is 0.251 e. The number of carbonyl (C=O) groups is 1. The number of halogens is 2. The molecule has 1 aromatic heterocycles. The molecule has 0 saturated carbocycles. The van der Waals surface area contributed by atoms with Crippen molar-refractivity contribution in [3.05, 3.63) is 82.0 Å². The van der Waals surface area contributed by atoms with Gasteiger partial charge < -0.3 is 15.1 Å². The number of anilines is 1. The Balaban J connectivity index is 1.16. The highest BCUT2D eigenvalue weighted by Gasteiger charge is 2.20. The second-order valence-electron chi connectivity index (χ2n) is 10.4. The summed E-state index contributed by atoms with van der Waals surface area (Å²) in [6.07, 6.45) is 6.26. The molecule has 0 aliphatic carbocycles. The van der Waals surface area contributed by atoms with Gasteiger partial charge in [0.15, 0.2) is 0 Å². The fourth-order valence-corrected chi connectivity index (χ4v) is 5.81. The number of benzene rings is 2. The number of pyridine rings is 1. The molecule has 0 bridgehead atoms. The number of aromatic nitrogens is 1. The minimum atomic E-state index is -0.0341. The minimum absolute atomic E-state index is 0.0341. The first kappa shape index (κ1) is 27.9. The lowest BCUT2D eigenvalue weighted by atomic mass is 10.0. The Morgan fingerprint density at radius 3 is 2.41 bits per heavy atom. The number of nitrogens with zero attached hydrogens (tertiary/aromatic N) is 4. The highest BCUT2D eigenvalue weighted by Crippen LogP contribution is 2.31. The van der Waals surface area contributed by atoms with E-state index < -0.39 is 0 Å². The molecule has 1 amide bonds. The molecule has 3 heterocycles. The van der Waals surface area contributed by atoms with Crippen LogP contribution in [0.5, 0.6) is 0 Å². The zero-order valence-electron chi connectivity index (χ0n) is 22.4. The second kappa shape index (κ2) is 13.6. The molecule has 5 rings (SSSR count). The third-order valence-electron chi connectivity index (χ3n) is 7.75. The van der Waals surface area contributed by atoms with Crippen molar-refractivity contribution in [2.24, 2.45) is 0 Å². The van der Waals surface area contributed by atoms with Crippen molar-refractivity contribution in [1.29, 1.82) is 0 Å². The Hall–Kier alpha value is -2.64. The largest absolute Gasteiger partial charge is 0.368 e. The van der Waals surface area contributed by atoms with E-state index in [1.54, 1.807) is 12.3 Å². The highest BCUT2D eigenvalue weighted by molar-refractivity contribution is 6.42. The lowest BCUT2D eigenvalue weighted by Crippen LogP contribution is -2.47. The molecule has 2 aromatic carbocycles. The lowest BCUT2D eigenvalue weighted by Gasteiger charge is -2.37. The summed E-state index contributed by atoms with van der Waals surface area (Å²) in [4.78, 5) is 24.9. The van der Waals surface area contributed by atoms with Gasteiger partial charge in [0.2, 0.25) is 0 Å². The number of likely N-dealkylation sites (tertiary alicyclic amines) is 1. The third kappa shape index (κ3) is 7.52. The number of hydrogen-bond acceptors (Lipinski definition) is 5. The summed E-state index contributed by atoms with van der Waals surface area (Å²) in [5, 5.41) is 4.30. The Morgan fingerprint density at radius 2 is 1.62 bits per heavy atom. The van der Waals surface area contributed by atoms with Gasteiger partial charge in [-0.05, 0) is 81.2 Å². The summed E-state index contributed by atoms with van der Waals surface area (Å²) in [5.74, 6) is -0.0341. The van der Waals surface area contributed by atoms with Crippen molar-refractivity contribution < 1.29 is 4.79 Å². The molecule has 6 nitrogen and oxygen atoms in total. The number of nitrogens with one attached hydrogen (secondary N) is 1. The molecule has 39 heavy (non-hydrogen) atoms. The summed E-state index contributed by atoms with van der Waals surface area (Å²) in [6, 6.07) is 18.0. The minimum Gasteiger partial charge on any atom is -0.368 e. The molecule has 0 unspecified atom stereocenters. The quantitative estimate of drug-likeness (QED) is 0.322. The van der Waals surface area contributed by atoms with Gasteiger partial charge in [0.1, 0.15) is 0 Å². The summed E-state index contributed by atoms with van der Waals surface area (Å²) in [6.45, 7) is 8.97. The average molecular weight is 567 g/mol. The summed E-state index contributed by atoms with van der Waals surface area (Å²) < 4.78 is 0. The Labute approximate surface area is 241 Å². The van der Waals surface area contributed by atoms with Crippen molar-refractivity contribution in [2.45, 2.75) is 25.7 Å². The van der Waals surface area contributed by atoms with Crippen LogP contribution in [0.3, 0.4) is 0 Å². The van der Waals surface area contributed by atoms with Crippen LogP contribution in [0.15, 0.2) is 60.8 Å². The van der Waals surface area contributed by atoms with E-state index in [1.807, 2.05) is 24.3 Å². The maximum absolute atomic E-state index is 12.9. The molecular weight excluding hydrogens is 529 g/mol. The van der Waals surface area contributed by atoms with Crippen LogP contribution in [0, 0.1) is 0 Å². The SMILES string of the molecule is O=C(NCCCN1CCCC1)c1ccnc(-c2ccccc2N2CCN(CCc3ccc(Cl)c(Cl)c3)CC2)c1. The van der Waals surface area contributed by atoms with Gasteiger partial charge in [0, 0.05) is 62.3 Å². The number of carbonyl (C=O) groups excluding carboxylic acids is 1. The number of piperazine rings is 1. The molecule has 8 heteroatoms. The fraction of sp³-hybridized carbons (Fsp3) is 0.419. The number of rotatable bonds is 10. The van der Waals surface area contributed by atoms with Crippen LogP contribution in [-0.4, -0.2) is 79.6 Å². The van der Waals surface area contributed by atoms with Crippen molar-refractivity contribution in [1.82, 2.24) is 20.1 Å². The van der Waals surface area contributed by atoms with Crippen molar-refractivity contribution in [3.8, 4) is 11.3 Å². The average Bonchev–Trinajstić information content (AvgIpc) is 3.50. The molecule has 0 spiro atoms. The van der Waals surface area contributed by atoms with Crippen LogP contribution in [-0.2, 0) is 6.42 Å². The molecule has 0 radical (unpaired) electrons. The molecular formula is C31H37Cl2N5O. The van der Waals surface area contributed by atoms with Crippen LogP contribution in [0.2, 0.25) is 10.0 Å². The Kier molecular flexibility index (Phi) is 9.75. The van der Waals surface area contributed by atoms with Gasteiger partial charge in [-0.15, -0.1) is 0 Å². The first-order valence-electron chi connectivity index (χ1n) is 14.0. The number of para-hydroxylation sites is 1. The Morgan fingerprint density at radius 1 is 0.846 bits per heavy atom. The zero-order chi connectivity index (χ0) is 27.0. The maximum atomic E-state index is 12.9. The zero-order valence-corrected chi connectivity index (χ0v) is 23.9. The van der Waals surface area contributed by atoms with Gasteiger partial charge >= 0.3 is 0 Å². The van der Waals surface area contributed by atoms with E-state index in [2.05, 4.69) is 49.3 Å². The van der Waals surface area contributed by atoms with Crippen molar-refractivity contribution in [3.63, 3.8) is 0 Å². The summed E-state index contributed by atoms with van der Waals surface area (Å²) >= 11 is 12.2. The van der Waals surface area contributed by atoms with Gasteiger partial charge in [-0.2, -0.15) is 0 Å². The molecule has 2 saturated heterocycles. The summed E-state index contributed by atoms with van der Waals surface area (Å²) in [5.41, 5.74) is 4.92. The fourth-order valence-electron chi connectivity index (χ4n) is 5.49. The highest BCUT2D eigenvalue weighted by atomic mass is 35.5. The standard InChI is InChI=1S/C31H37Cl2N5O/c32-27-9-8-24(22-28(27)33)11-17-37-18-20-38(21-19-37)30-7-2-1-6-26(30)29-23-25(10-13-34-29)31(39)35-12-5-16-36-14-3-4-15-36/h1-2,6-10,13,22-23H,3-5,11-12,14-21H2,(H,35,39). The molecule has 2 fully saturated rings. The van der Waals surface area contributed by atoms with Crippen molar-refractivity contribution >= 4 is 34.8 Å². The first-order valence-corrected chi connectivity index (χ1v) is 14.8. The molecule has 2 aliphatic rings. The van der Waals surface area contributed by atoms with Gasteiger partial charge in [0.05, 0.1) is 15.7 Å². The number of hydrogen-bond donors (Lipinski definition) is 1. The van der Waals surface area contributed by atoms with E-state index >= 15 is 0 Å². The van der Waals surface area contributed by atoms with Crippen LogP contribution in [0.25, 0.3) is 11.3 Å². The Bertz CT molecular complexity index is 1260. The molecule has 206 valence electrons. The van der Waals surface area contributed by atoms with Crippen LogP contribution in [0.1, 0.15) is 35.2 Å². The second-order valence-corrected chi connectivity index (χ2v) is 11.2. The van der Waals surface area contributed by atoms with Crippen LogP contribution in [0.4, 0.5) is 5.69 Å². The molecule has 0 atom stereocenters. The van der Waals surface area contributed by atoms with E-state index in [-0.39, 0.29) is 5.91 Å². The van der Waals surface area contributed by atoms with Gasteiger partial charge in [0.25, 0.3) is 5.91 Å². The lowest BCUT2D eigenvalue weighted by molar-refractivity contribution is 0.0952. The van der Waals surface area contributed by atoms with Gasteiger partial charge in [-0.3, -0.25) is 14.7 Å². The van der Waals surface area contributed by atoms with Gasteiger partial charge in [-0.25, -0.2) is 0 Å². The molecule has 2 aliphatic heterocycles. The normalized spacial score (nSPS) is 16.5. The van der Waals surface area contributed by atoms with E-state index in [0.29, 0.717) is 22.2 Å². The van der Waals surface area contributed by atoms with E-state index in [1.165, 1.54) is 31.5 Å². The predicted molar refractivity (Wildman–Crippen MR) is 161 cm³/mol. The van der Waals surface area contributed by atoms with E-state index in [9.17, 15) is 4.79 Å². The molecule has 3 aromatic rings. The van der Waals surface area contributed by atoms with Crippen LogP contribution < -0.4 is 10.2 Å². The maximum Gasteiger partial charge on any atom is 0.251 e. The van der Waals surface area contributed by atoms with E-state index in [0.717, 1.165) is 69.1 Å². The third-order valence-corrected chi connectivity index (χ3v) is 8.49. The van der Waals surface area contributed by atoms with E-state index in [4.69, 9.17) is 23.2 Å². The molecule has 1 N–H and O–H groups in total. The van der Waals surface area contributed by atoms with Gasteiger partial charge in [-0.1, -0.05) is 47.5 Å². The number of amides is 1. The summed E-state index contributed by atoms with van der Waals surface area (Å²) in [7, 11) is 0. The first-order chi connectivity index (χ1) is 19.1. The van der Waals surface area contributed by atoms with Crippen molar-refractivity contribution in [2.75, 3.05) is 63.8 Å². The van der Waals surface area contributed by atoms with Crippen LogP contribution >= 0.6 is 23.2 Å². The predicted octanol–water partition coefficient (Wildman–Crippen LogP) is 5.64. The monoisotopic (exact) mass is 565 g/mol.